The number of carbonyl (C=O) groups is 2. The van der Waals surface area contributed by atoms with E-state index >= 15 is 0 Å². The third-order valence-corrected chi connectivity index (χ3v) is 9.25. The summed E-state index contributed by atoms with van der Waals surface area (Å²) < 4.78 is 18.9. The number of aromatic nitrogens is 2. The average molecular weight is 679 g/mol. The second-order valence-electron chi connectivity index (χ2n) is 14.7. The van der Waals surface area contributed by atoms with Crippen molar-refractivity contribution in [3.63, 3.8) is 0 Å². The van der Waals surface area contributed by atoms with Gasteiger partial charge in [-0.05, 0) is 90.4 Å². The smallest absolute Gasteiger partial charge is 0.415 e. The number of hydrogen-bond donors (Lipinski definition) is 2. The zero-order valence-electron chi connectivity index (χ0n) is 29.9. The third kappa shape index (κ3) is 7.82. The Balaban J connectivity index is 1.43. The van der Waals surface area contributed by atoms with Gasteiger partial charge in [-0.1, -0.05) is 20.3 Å². The minimum Gasteiger partial charge on any atom is -0.460 e. The van der Waals surface area contributed by atoms with E-state index < -0.39 is 18.0 Å². The van der Waals surface area contributed by atoms with Gasteiger partial charge >= 0.3 is 12.1 Å². The molecule has 0 bridgehead atoms. The molecule has 3 aromatic rings. The number of aliphatic hydroxyl groups excluding tert-OH is 2. The molecule has 12 nitrogen and oxygen atoms in total. The molecule has 2 aliphatic heterocycles. The summed E-state index contributed by atoms with van der Waals surface area (Å²) >= 11 is 0. The van der Waals surface area contributed by atoms with E-state index in [4.69, 9.17) is 19.2 Å². The lowest BCUT2D eigenvalue weighted by molar-refractivity contribution is -0.164. The average Bonchev–Trinajstić information content (AvgIpc) is 3.38. The lowest BCUT2D eigenvalue weighted by Gasteiger charge is -2.40. The van der Waals surface area contributed by atoms with Crippen LogP contribution in [0.25, 0.3) is 22.3 Å². The Hall–Kier alpha value is -3.84. The van der Waals surface area contributed by atoms with E-state index in [-0.39, 0.29) is 49.2 Å². The van der Waals surface area contributed by atoms with Crippen molar-refractivity contribution >= 4 is 23.0 Å². The van der Waals surface area contributed by atoms with Gasteiger partial charge in [0, 0.05) is 41.2 Å². The molecule has 4 heterocycles. The van der Waals surface area contributed by atoms with Crippen LogP contribution in [0.4, 0.5) is 4.79 Å². The fourth-order valence-electron chi connectivity index (χ4n) is 6.77. The number of nitrogens with zero attached hydrogens (tertiary/aromatic N) is 4. The van der Waals surface area contributed by atoms with E-state index in [1.54, 1.807) is 21.6 Å². The maximum absolute atomic E-state index is 13.7. The normalized spacial score (nSPS) is 19.6. The minimum atomic E-state index is -0.993. The van der Waals surface area contributed by atoms with Gasteiger partial charge in [0.1, 0.15) is 11.4 Å². The summed E-state index contributed by atoms with van der Waals surface area (Å²) in [5.74, 6) is -0.233. The first-order valence-electron chi connectivity index (χ1n) is 17.1. The second-order valence-corrected chi connectivity index (χ2v) is 14.7. The molecule has 2 unspecified atom stereocenters. The van der Waals surface area contributed by atoms with Crippen LogP contribution < -0.4 is 10.3 Å². The molecule has 2 aromatic heterocycles. The van der Waals surface area contributed by atoms with E-state index in [0.717, 1.165) is 22.9 Å². The minimum absolute atomic E-state index is 0.104. The lowest BCUT2D eigenvalue weighted by Crippen LogP contribution is -2.51. The molecule has 49 heavy (non-hydrogen) atoms. The molecular weight excluding hydrogens is 628 g/mol. The van der Waals surface area contributed by atoms with E-state index in [9.17, 15) is 24.6 Å². The molecule has 1 saturated heterocycles. The second kappa shape index (κ2) is 14.6. The van der Waals surface area contributed by atoms with Crippen molar-refractivity contribution in [2.24, 2.45) is 11.8 Å². The van der Waals surface area contributed by atoms with Crippen LogP contribution in [-0.4, -0.2) is 80.2 Å². The van der Waals surface area contributed by atoms with Gasteiger partial charge in [0.05, 0.1) is 42.6 Å². The zero-order chi connectivity index (χ0) is 35.8. The SMILES string of the molecule is CCCC(O)OCc1c(CO)cc2n(c1=O)Cc1cc3c(CN(C)C)c(OC(=O)N4C[C@@H](C)C(C(=O)OC(C)(C)C)C[C@@H]4C)ccc3nc1-2. The van der Waals surface area contributed by atoms with Crippen molar-refractivity contribution in [3.8, 4) is 17.1 Å². The van der Waals surface area contributed by atoms with Gasteiger partial charge in [-0.2, -0.15) is 0 Å². The number of piperidine rings is 1. The standard InChI is InChI=1S/C37H50N4O8/c1-9-10-32(43)47-20-28-24(19-42)15-30-33-23(17-41(30)34(28)44)14-26-27(18-39(7)8)31(12-11-29(26)38-33)48-36(46)40-16-21(2)25(13-22(40)3)35(45)49-37(4,5)6/h11-12,14-15,21-22,25,32,42-43H,9-10,13,16-20H2,1-8H3/t21-,22+,25?,32?/m1/s1. The summed E-state index contributed by atoms with van der Waals surface area (Å²) in [4.78, 5) is 48.8. The van der Waals surface area contributed by atoms with Crippen molar-refractivity contribution in [1.82, 2.24) is 19.4 Å². The fraction of sp³-hybridized carbons (Fsp3) is 0.568. The number of aliphatic hydroxyl groups is 2. The number of esters is 1. The van der Waals surface area contributed by atoms with Crippen LogP contribution in [0.15, 0.2) is 29.1 Å². The van der Waals surface area contributed by atoms with Gasteiger partial charge in [0.15, 0.2) is 6.29 Å². The van der Waals surface area contributed by atoms with E-state index in [2.05, 4.69) is 0 Å². The number of fused-ring (bicyclic) bond motifs is 4. The molecule has 0 radical (unpaired) electrons. The highest BCUT2D eigenvalue weighted by molar-refractivity contribution is 5.89. The van der Waals surface area contributed by atoms with Crippen molar-refractivity contribution in [1.29, 1.82) is 0 Å². The van der Waals surface area contributed by atoms with E-state index in [0.29, 0.717) is 59.7 Å². The van der Waals surface area contributed by atoms with Gasteiger partial charge < -0.3 is 38.8 Å². The van der Waals surface area contributed by atoms with E-state index in [1.807, 2.05) is 72.7 Å². The Morgan fingerprint density at radius 2 is 1.88 bits per heavy atom. The summed E-state index contributed by atoms with van der Waals surface area (Å²) in [6.07, 6.45) is 0.182. The third-order valence-electron chi connectivity index (χ3n) is 9.25. The topological polar surface area (TPSA) is 144 Å². The summed E-state index contributed by atoms with van der Waals surface area (Å²) in [5, 5.41) is 21.0. The van der Waals surface area contributed by atoms with Crippen LogP contribution in [0.3, 0.4) is 0 Å². The van der Waals surface area contributed by atoms with Gasteiger partial charge in [0.25, 0.3) is 5.56 Å². The Morgan fingerprint density at radius 1 is 1.14 bits per heavy atom. The molecule has 5 rings (SSSR count). The van der Waals surface area contributed by atoms with Crippen molar-refractivity contribution in [2.75, 3.05) is 20.6 Å². The predicted molar refractivity (Wildman–Crippen MR) is 185 cm³/mol. The Bertz CT molecular complexity index is 1780. The molecular formula is C37H50N4O8. The summed E-state index contributed by atoms with van der Waals surface area (Å²) in [6.45, 7) is 12.0. The highest BCUT2D eigenvalue weighted by atomic mass is 16.6. The molecule has 1 aromatic carbocycles. The van der Waals surface area contributed by atoms with Crippen LogP contribution in [0.1, 0.15) is 83.1 Å². The quantitative estimate of drug-likeness (QED) is 0.177. The Labute approximate surface area is 287 Å². The van der Waals surface area contributed by atoms with Crippen LogP contribution in [-0.2, 0) is 40.6 Å². The monoisotopic (exact) mass is 678 g/mol. The van der Waals surface area contributed by atoms with Crippen molar-refractivity contribution in [3.05, 3.63) is 56.9 Å². The number of ether oxygens (including phenoxy) is 3. The fourth-order valence-corrected chi connectivity index (χ4v) is 6.77. The van der Waals surface area contributed by atoms with Gasteiger partial charge in [0.2, 0.25) is 0 Å². The number of likely N-dealkylation sites (tertiary alicyclic amines) is 1. The first kappa shape index (κ1) is 36.4. The Kier molecular flexibility index (Phi) is 10.8. The number of hydrogen-bond acceptors (Lipinski definition) is 10. The largest absolute Gasteiger partial charge is 0.460 e. The number of carbonyl (C=O) groups excluding carboxylic acids is 2. The highest BCUT2D eigenvalue weighted by Gasteiger charge is 2.40. The highest BCUT2D eigenvalue weighted by Crippen LogP contribution is 2.37. The van der Waals surface area contributed by atoms with Gasteiger partial charge in [-0.3, -0.25) is 9.59 Å². The van der Waals surface area contributed by atoms with Crippen LogP contribution >= 0.6 is 0 Å². The summed E-state index contributed by atoms with van der Waals surface area (Å²) in [6, 6.07) is 7.10. The number of benzene rings is 1. The summed E-state index contributed by atoms with van der Waals surface area (Å²) in [5.41, 5.74) is 3.40. The molecule has 4 atom stereocenters. The number of amides is 1. The first-order valence-corrected chi connectivity index (χ1v) is 17.1. The predicted octanol–water partition coefficient (Wildman–Crippen LogP) is 4.80. The van der Waals surface area contributed by atoms with Crippen LogP contribution in [0.2, 0.25) is 0 Å². The maximum Gasteiger partial charge on any atom is 0.415 e. The van der Waals surface area contributed by atoms with Gasteiger partial charge in [-0.15, -0.1) is 0 Å². The van der Waals surface area contributed by atoms with Crippen molar-refractivity contribution < 1.29 is 34.0 Å². The molecule has 2 aliphatic rings. The molecule has 1 amide bonds. The Morgan fingerprint density at radius 3 is 2.53 bits per heavy atom. The maximum atomic E-state index is 13.7. The molecule has 12 heteroatoms. The van der Waals surface area contributed by atoms with Crippen molar-refractivity contribution in [2.45, 2.75) is 105 Å². The molecule has 0 aliphatic carbocycles. The molecule has 0 spiro atoms. The number of rotatable bonds is 10. The first-order chi connectivity index (χ1) is 23.1. The van der Waals surface area contributed by atoms with Crippen LogP contribution in [0.5, 0.6) is 5.75 Å². The van der Waals surface area contributed by atoms with E-state index in [1.165, 1.54) is 0 Å². The lowest BCUT2D eigenvalue weighted by atomic mass is 9.83. The molecule has 266 valence electrons. The molecule has 1 fully saturated rings. The molecule has 0 saturated carbocycles. The zero-order valence-corrected chi connectivity index (χ0v) is 29.9. The van der Waals surface area contributed by atoms with Gasteiger partial charge in [-0.25, -0.2) is 9.78 Å². The summed E-state index contributed by atoms with van der Waals surface area (Å²) in [7, 11) is 3.87. The number of pyridine rings is 2. The molecule has 2 N–H and O–H groups in total. The van der Waals surface area contributed by atoms with Crippen LogP contribution in [0, 0.1) is 11.8 Å².